The Kier molecular flexibility index (Phi) is 14.3. The zero-order chi connectivity index (χ0) is 15.1. The first-order chi connectivity index (χ1) is 9.33. The van der Waals surface area contributed by atoms with Gasteiger partial charge in [0.15, 0.2) is 0 Å². The molecule has 0 aliphatic heterocycles. The monoisotopic (exact) mass is 254 g/mol. The van der Waals surface area contributed by atoms with Crippen molar-refractivity contribution < 1.29 is 0 Å². The SMILES string of the molecule is C#CC(/C(C=C)=C/C=C)c1ccccc1.CC.CC. The maximum Gasteiger partial charge on any atom is 0.0699 e. The van der Waals surface area contributed by atoms with E-state index in [1.165, 1.54) is 0 Å². The number of hydrogen-bond acceptors (Lipinski definition) is 0. The molecule has 1 rings (SSSR count). The predicted octanol–water partition coefficient (Wildman–Crippen LogP) is 5.75. The molecule has 1 aromatic carbocycles. The second-order valence-electron chi connectivity index (χ2n) is 3.12. The van der Waals surface area contributed by atoms with Gasteiger partial charge in [0, 0.05) is 0 Å². The van der Waals surface area contributed by atoms with E-state index in [1.54, 1.807) is 12.2 Å². The van der Waals surface area contributed by atoms with Gasteiger partial charge in [-0.3, -0.25) is 0 Å². The third-order valence-corrected chi connectivity index (χ3v) is 2.18. The van der Waals surface area contributed by atoms with Gasteiger partial charge in [0.1, 0.15) is 0 Å². The maximum absolute atomic E-state index is 5.54. The van der Waals surface area contributed by atoms with Crippen LogP contribution in [0.2, 0.25) is 0 Å². The van der Waals surface area contributed by atoms with Crippen molar-refractivity contribution in [1.29, 1.82) is 0 Å². The lowest BCUT2D eigenvalue weighted by molar-refractivity contribution is 1.07. The largest absolute Gasteiger partial charge is 0.119 e. The summed E-state index contributed by atoms with van der Waals surface area (Å²) < 4.78 is 0. The van der Waals surface area contributed by atoms with Crippen molar-refractivity contribution >= 4 is 0 Å². The lowest BCUT2D eigenvalue weighted by Gasteiger charge is -2.11. The van der Waals surface area contributed by atoms with Crippen molar-refractivity contribution in [2.75, 3.05) is 0 Å². The van der Waals surface area contributed by atoms with E-state index >= 15 is 0 Å². The molecule has 0 saturated carbocycles. The van der Waals surface area contributed by atoms with Gasteiger partial charge in [0.05, 0.1) is 5.92 Å². The zero-order valence-electron chi connectivity index (χ0n) is 12.7. The zero-order valence-corrected chi connectivity index (χ0v) is 12.7. The summed E-state index contributed by atoms with van der Waals surface area (Å²) in [5.41, 5.74) is 2.10. The van der Waals surface area contributed by atoms with Crippen molar-refractivity contribution in [1.82, 2.24) is 0 Å². The van der Waals surface area contributed by atoms with Crippen LogP contribution in [0.4, 0.5) is 0 Å². The van der Waals surface area contributed by atoms with E-state index in [9.17, 15) is 0 Å². The Bertz CT molecular complexity index is 401. The number of terminal acetylenes is 1. The lowest BCUT2D eigenvalue weighted by atomic mass is 9.91. The van der Waals surface area contributed by atoms with Gasteiger partial charge in [0.25, 0.3) is 0 Å². The summed E-state index contributed by atoms with van der Waals surface area (Å²) in [6.07, 6.45) is 10.9. The van der Waals surface area contributed by atoms with Crippen molar-refractivity contribution in [3.8, 4) is 12.3 Å². The third kappa shape index (κ3) is 7.11. The molecule has 1 aromatic rings. The Balaban J connectivity index is 0. The maximum atomic E-state index is 5.54. The second kappa shape index (κ2) is 14.1. The van der Waals surface area contributed by atoms with Gasteiger partial charge < -0.3 is 0 Å². The molecule has 0 spiro atoms. The predicted molar refractivity (Wildman–Crippen MR) is 89.2 cm³/mol. The van der Waals surface area contributed by atoms with Crippen molar-refractivity contribution in [2.45, 2.75) is 33.6 Å². The first-order valence-corrected chi connectivity index (χ1v) is 6.79. The molecule has 0 saturated heterocycles. The van der Waals surface area contributed by atoms with E-state index in [2.05, 4.69) is 19.1 Å². The van der Waals surface area contributed by atoms with E-state index in [0.29, 0.717) is 0 Å². The lowest BCUT2D eigenvalue weighted by Crippen LogP contribution is -1.97. The fraction of sp³-hybridized carbons (Fsp3) is 0.263. The smallest absolute Gasteiger partial charge is 0.0699 e. The second-order valence-corrected chi connectivity index (χ2v) is 3.12. The van der Waals surface area contributed by atoms with E-state index in [1.807, 2.05) is 64.1 Å². The van der Waals surface area contributed by atoms with Crippen LogP contribution >= 0.6 is 0 Å². The standard InChI is InChI=1S/C15H14.2C2H6/c1-4-10-13(5-2)15(6-3)14-11-8-7-9-12-14;2*1-2/h3-5,7-12,15H,1-2H2;2*1-2H3/b13-10+;;. The van der Waals surface area contributed by atoms with E-state index in [4.69, 9.17) is 6.42 Å². The average molecular weight is 254 g/mol. The van der Waals surface area contributed by atoms with Gasteiger partial charge in [0.2, 0.25) is 0 Å². The molecule has 0 aliphatic carbocycles. The highest BCUT2D eigenvalue weighted by Crippen LogP contribution is 2.24. The van der Waals surface area contributed by atoms with Crippen LogP contribution in [-0.2, 0) is 0 Å². The van der Waals surface area contributed by atoms with E-state index in [-0.39, 0.29) is 5.92 Å². The highest BCUT2D eigenvalue weighted by atomic mass is 14.1. The minimum absolute atomic E-state index is 0.0401. The number of benzene rings is 1. The Morgan fingerprint density at radius 3 is 2.00 bits per heavy atom. The Morgan fingerprint density at radius 1 is 1.11 bits per heavy atom. The Morgan fingerprint density at radius 2 is 1.63 bits per heavy atom. The molecule has 0 fully saturated rings. The molecule has 1 atom stereocenters. The van der Waals surface area contributed by atoms with Crippen LogP contribution in [-0.4, -0.2) is 0 Å². The molecule has 102 valence electrons. The van der Waals surface area contributed by atoms with Gasteiger partial charge in [-0.2, -0.15) is 0 Å². The summed E-state index contributed by atoms with van der Waals surface area (Å²) in [4.78, 5) is 0. The first kappa shape index (κ1) is 19.3. The van der Waals surface area contributed by atoms with Gasteiger partial charge in [-0.25, -0.2) is 0 Å². The van der Waals surface area contributed by atoms with Crippen molar-refractivity contribution in [2.24, 2.45) is 0 Å². The molecule has 1 unspecified atom stereocenters. The fourth-order valence-electron chi connectivity index (χ4n) is 1.45. The Labute approximate surface area is 119 Å². The van der Waals surface area contributed by atoms with Crippen LogP contribution in [0, 0.1) is 12.3 Å². The molecule has 0 heterocycles. The first-order valence-electron chi connectivity index (χ1n) is 6.79. The van der Waals surface area contributed by atoms with Crippen LogP contribution in [0.5, 0.6) is 0 Å². The summed E-state index contributed by atoms with van der Waals surface area (Å²) in [6, 6.07) is 9.97. The van der Waals surface area contributed by atoms with Gasteiger partial charge >= 0.3 is 0 Å². The molecule has 0 nitrogen and oxygen atoms in total. The normalized spacial score (nSPS) is 10.6. The molecule has 0 aliphatic rings. The van der Waals surface area contributed by atoms with E-state index in [0.717, 1.165) is 11.1 Å². The third-order valence-electron chi connectivity index (χ3n) is 2.18. The molecule has 0 radical (unpaired) electrons. The Hall–Kier alpha value is -2.00. The average Bonchev–Trinajstić information content (AvgIpc) is 2.52. The summed E-state index contributed by atoms with van der Waals surface area (Å²) in [6.45, 7) is 15.4. The van der Waals surface area contributed by atoms with Crippen LogP contribution in [0.1, 0.15) is 39.2 Å². The van der Waals surface area contributed by atoms with Gasteiger partial charge in [-0.15, -0.1) is 6.42 Å². The van der Waals surface area contributed by atoms with Crippen LogP contribution in [0.15, 0.2) is 67.3 Å². The molecule has 0 N–H and O–H groups in total. The highest BCUT2D eigenvalue weighted by Gasteiger charge is 2.09. The summed E-state index contributed by atoms with van der Waals surface area (Å²) >= 11 is 0. The molecular weight excluding hydrogens is 228 g/mol. The summed E-state index contributed by atoms with van der Waals surface area (Å²) in [5.74, 6) is 2.73. The number of allylic oxidation sites excluding steroid dienone is 4. The van der Waals surface area contributed by atoms with Crippen molar-refractivity contribution in [3.05, 3.63) is 72.9 Å². The topological polar surface area (TPSA) is 0 Å². The molecule has 0 amide bonds. The highest BCUT2D eigenvalue weighted by molar-refractivity contribution is 5.42. The summed E-state index contributed by atoms with van der Waals surface area (Å²) in [5, 5.41) is 0. The van der Waals surface area contributed by atoms with Crippen LogP contribution in [0.25, 0.3) is 0 Å². The molecular formula is C19H26. The van der Waals surface area contributed by atoms with Crippen molar-refractivity contribution in [3.63, 3.8) is 0 Å². The fourth-order valence-corrected chi connectivity index (χ4v) is 1.45. The molecule has 0 bridgehead atoms. The van der Waals surface area contributed by atoms with Crippen LogP contribution < -0.4 is 0 Å². The van der Waals surface area contributed by atoms with Crippen LogP contribution in [0.3, 0.4) is 0 Å². The minimum Gasteiger partial charge on any atom is -0.119 e. The minimum atomic E-state index is -0.0401. The summed E-state index contributed by atoms with van der Waals surface area (Å²) in [7, 11) is 0. The molecule has 0 aromatic heterocycles. The number of rotatable bonds is 4. The van der Waals surface area contributed by atoms with E-state index < -0.39 is 0 Å². The molecule has 0 heteroatoms. The van der Waals surface area contributed by atoms with Gasteiger partial charge in [-0.1, -0.05) is 95.3 Å². The quantitative estimate of drug-likeness (QED) is 0.474. The number of hydrogen-bond donors (Lipinski definition) is 0. The van der Waals surface area contributed by atoms with Gasteiger partial charge in [-0.05, 0) is 11.1 Å². The molecule has 19 heavy (non-hydrogen) atoms.